The van der Waals surface area contributed by atoms with Crippen molar-refractivity contribution in [2.45, 2.75) is 52.6 Å². The minimum Gasteiger partial charge on any atom is -0.481 e. The van der Waals surface area contributed by atoms with Crippen LogP contribution in [0.1, 0.15) is 49.9 Å². The number of hydrogen-bond acceptors (Lipinski definition) is 3. The topological polar surface area (TPSA) is 75.4 Å². The Kier molecular flexibility index (Phi) is 6.19. The van der Waals surface area contributed by atoms with E-state index in [-0.39, 0.29) is 25.3 Å². The Morgan fingerprint density at radius 3 is 2.73 bits per heavy atom. The van der Waals surface area contributed by atoms with Gasteiger partial charge in [0, 0.05) is 41.9 Å². The second-order valence-electron chi connectivity index (χ2n) is 9.42. The fraction of sp³-hybridized carbons (Fsp3) is 0.400. The molecule has 0 saturated carbocycles. The van der Waals surface area contributed by atoms with Gasteiger partial charge in [-0.05, 0) is 42.0 Å². The van der Waals surface area contributed by atoms with Crippen molar-refractivity contribution in [3.05, 3.63) is 65.0 Å². The van der Waals surface area contributed by atoms with E-state index in [0.29, 0.717) is 37.1 Å². The van der Waals surface area contributed by atoms with E-state index in [4.69, 9.17) is 5.11 Å². The van der Waals surface area contributed by atoms with Gasteiger partial charge in [0.1, 0.15) is 17.3 Å². The zero-order valence-corrected chi connectivity index (χ0v) is 18.8. The number of halogens is 2. The zero-order chi connectivity index (χ0) is 23.8. The number of carbonyl (C=O) groups is 2. The summed E-state index contributed by atoms with van der Waals surface area (Å²) in [6.45, 7) is 4.81. The van der Waals surface area contributed by atoms with E-state index in [9.17, 15) is 18.4 Å². The number of carboxylic acid groups (broad SMARTS) is 1. The number of amides is 1. The molecular formula is C25H27F2N3O3. The lowest BCUT2D eigenvalue weighted by Gasteiger charge is -2.30. The molecule has 6 nitrogen and oxygen atoms in total. The first-order valence-electron chi connectivity index (χ1n) is 11.0. The summed E-state index contributed by atoms with van der Waals surface area (Å²) >= 11 is 0. The third kappa shape index (κ3) is 4.89. The van der Waals surface area contributed by atoms with Crippen LogP contribution >= 0.6 is 0 Å². The summed E-state index contributed by atoms with van der Waals surface area (Å²) in [5.74, 6) is -2.15. The number of nitrogens with zero attached hydrogens (tertiary/aromatic N) is 3. The Hall–Kier alpha value is -3.29. The van der Waals surface area contributed by atoms with Gasteiger partial charge in [0.25, 0.3) is 0 Å². The maximum Gasteiger partial charge on any atom is 0.303 e. The highest BCUT2D eigenvalue weighted by Crippen LogP contribution is 2.32. The molecule has 2 aromatic heterocycles. The normalized spacial score (nSPS) is 13.9. The van der Waals surface area contributed by atoms with E-state index in [1.807, 2.05) is 30.5 Å². The number of aromatic nitrogens is 2. The summed E-state index contributed by atoms with van der Waals surface area (Å²) in [5, 5.41) is 10.1. The van der Waals surface area contributed by atoms with Gasteiger partial charge in [0.15, 0.2) is 0 Å². The zero-order valence-electron chi connectivity index (χ0n) is 18.8. The molecule has 1 aliphatic heterocycles. The van der Waals surface area contributed by atoms with Crippen molar-refractivity contribution in [3.8, 4) is 0 Å². The lowest BCUT2D eigenvalue weighted by atomic mass is 9.84. The average Bonchev–Trinajstić information content (AvgIpc) is 3.06. The first kappa shape index (κ1) is 22.9. The number of rotatable bonds is 7. The van der Waals surface area contributed by atoms with Crippen LogP contribution in [-0.2, 0) is 29.1 Å². The largest absolute Gasteiger partial charge is 0.481 e. The summed E-state index contributed by atoms with van der Waals surface area (Å²) in [6, 6.07) is 7.37. The van der Waals surface area contributed by atoms with Crippen molar-refractivity contribution < 1.29 is 23.5 Å². The molecule has 0 saturated heterocycles. The maximum atomic E-state index is 14.4. The molecule has 3 heterocycles. The number of hydrogen-bond donors (Lipinski definition) is 1. The van der Waals surface area contributed by atoms with Gasteiger partial charge < -0.3 is 14.6 Å². The van der Waals surface area contributed by atoms with E-state index >= 15 is 0 Å². The SMILES string of the molecule is CC(C)(CCC(=O)N1CCc2c(n(Cc3ccc(F)cc3F)c3ncccc23)C1)CC(=O)O. The fourth-order valence-corrected chi connectivity index (χ4v) is 4.56. The molecule has 0 unspecified atom stereocenters. The summed E-state index contributed by atoms with van der Waals surface area (Å²) in [6.07, 6.45) is 3.08. The van der Waals surface area contributed by atoms with Crippen molar-refractivity contribution in [1.29, 1.82) is 0 Å². The highest BCUT2D eigenvalue weighted by atomic mass is 19.1. The van der Waals surface area contributed by atoms with Gasteiger partial charge >= 0.3 is 5.97 Å². The number of carboxylic acids is 1. The molecule has 0 radical (unpaired) electrons. The molecule has 1 N–H and O–H groups in total. The molecule has 1 amide bonds. The molecule has 0 spiro atoms. The molecule has 33 heavy (non-hydrogen) atoms. The molecule has 1 aromatic carbocycles. The van der Waals surface area contributed by atoms with Crippen LogP contribution in [0.25, 0.3) is 11.0 Å². The molecule has 0 fully saturated rings. The van der Waals surface area contributed by atoms with Crippen LogP contribution in [0.4, 0.5) is 8.78 Å². The predicted octanol–water partition coefficient (Wildman–Crippen LogP) is 4.53. The van der Waals surface area contributed by atoms with Gasteiger partial charge in [-0.15, -0.1) is 0 Å². The van der Waals surface area contributed by atoms with Crippen molar-refractivity contribution in [2.24, 2.45) is 5.41 Å². The van der Waals surface area contributed by atoms with E-state index in [1.54, 1.807) is 11.1 Å². The molecule has 0 atom stereocenters. The Balaban J connectivity index is 1.60. The minimum atomic E-state index is -0.875. The molecule has 4 rings (SSSR count). The maximum absolute atomic E-state index is 14.4. The Morgan fingerprint density at radius 1 is 1.21 bits per heavy atom. The number of pyridine rings is 1. The smallest absolute Gasteiger partial charge is 0.303 e. The molecule has 174 valence electrons. The van der Waals surface area contributed by atoms with Crippen molar-refractivity contribution in [3.63, 3.8) is 0 Å². The fourth-order valence-electron chi connectivity index (χ4n) is 4.56. The van der Waals surface area contributed by atoms with Crippen molar-refractivity contribution >= 4 is 22.9 Å². The number of aliphatic carboxylic acids is 1. The Labute approximate surface area is 190 Å². The van der Waals surface area contributed by atoms with E-state index < -0.39 is 23.0 Å². The second kappa shape index (κ2) is 8.92. The van der Waals surface area contributed by atoms with Crippen LogP contribution in [0.15, 0.2) is 36.5 Å². The lowest BCUT2D eigenvalue weighted by molar-refractivity contribution is -0.140. The molecule has 3 aromatic rings. The minimum absolute atomic E-state index is 0.00751. The van der Waals surface area contributed by atoms with Crippen LogP contribution in [0.3, 0.4) is 0 Å². The highest BCUT2D eigenvalue weighted by Gasteiger charge is 2.29. The van der Waals surface area contributed by atoms with Crippen LogP contribution in [-0.4, -0.2) is 38.0 Å². The summed E-state index contributed by atoms with van der Waals surface area (Å²) in [4.78, 5) is 30.3. The molecule has 8 heteroatoms. The molecular weight excluding hydrogens is 428 g/mol. The molecule has 0 bridgehead atoms. The van der Waals surface area contributed by atoms with Crippen LogP contribution < -0.4 is 0 Å². The number of benzene rings is 1. The van der Waals surface area contributed by atoms with Gasteiger partial charge in [-0.3, -0.25) is 9.59 Å². The van der Waals surface area contributed by atoms with Crippen LogP contribution in [0.5, 0.6) is 0 Å². The summed E-state index contributed by atoms with van der Waals surface area (Å²) in [7, 11) is 0. The highest BCUT2D eigenvalue weighted by molar-refractivity contribution is 5.84. The van der Waals surface area contributed by atoms with Crippen LogP contribution in [0.2, 0.25) is 0 Å². The Morgan fingerprint density at radius 2 is 2.00 bits per heavy atom. The van der Waals surface area contributed by atoms with E-state index in [0.717, 1.165) is 22.7 Å². The van der Waals surface area contributed by atoms with Crippen LogP contribution in [0, 0.1) is 17.0 Å². The van der Waals surface area contributed by atoms with Gasteiger partial charge in [0.2, 0.25) is 5.91 Å². The Bertz CT molecular complexity index is 1220. The monoisotopic (exact) mass is 455 g/mol. The average molecular weight is 456 g/mol. The van der Waals surface area contributed by atoms with E-state index in [1.165, 1.54) is 12.1 Å². The first-order valence-corrected chi connectivity index (χ1v) is 11.0. The predicted molar refractivity (Wildman–Crippen MR) is 120 cm³/mol. The van der Waals surface area contributed by atoms with Gasteiger partial charge in [-0.1, -0.05) is 19.9 Å². The number of carbonyl (C=O) groups excluding carboxylic acids is 1. The summed E-state index contributed by atoms with van der Waals surface area (Å²) in [5.41, 5.74) is 2.58. The second-order valence-corrected chi connectivity index (χ2v) is 9.42. The van der Waals surface area contributed by atoms with Gasteiger partial charge in [-0.2, -0.15) is 0 Å². The van der Waals surface area contributed by atoms with Crippen molar-refractivity contribution in [2.75, 3.05) is 6.54 Å². The standard InChI is InChI=1S/C25H27F2N3O3/c1-25(2,13-23(32)33)9-7-22(31)29-11-8-18-19-4-3-10-28-24(19)30(21(18)15-29)14-16-5-6-17(26)12-20(16)27/h3-6,10,12H,7-9,11,13-15H2,1-2H3,(H,32,33). The first-order chi connectivity index (χ1) is 15.6. The molecule has 1 aliphatic rings. The summed E-state index contributed by atoms with van der Waals surface area (Å²) < 4.78 is 29.7. The molecule has 0 aliphatic carbocycles. The third-order valence-corrected chi connectivity index (χ3v) is 6.36. The van der Waals surface area contributed by atoms with Gasteiger partial charge in [-0.25, -0.2) is 13.8 Å². The lowest BCUT2D eigenvalue weighted by Crippen LogP contribution is -2.37. The van der Waals surface area contributed by atoms with E-state index in [2.05, 4.69) is 4.98 Å². The van der Waals surface area contributed by atoms with Crippen molar-refractivity contribution in [1.82, 2.24) is 14.5 Å². The van der Waals surface area contributed by atoms with Gasteiger partial charge in [0.05, 0.1) is 19.5 Å². The number of fused-ring (bicyclic) bond motifs is 3. The quantitative estimate of drug-likeness (QED) is 0.568. The third-order valence-electron chi connectivity index (χ3n) is 6.36.